The first kappa shape index (κ1) is 24.9. The standard InChI is InChI=1S/C26H27F3N6O2/c1-15(18-12-21(37-3)32-13-20(18)26(27,28)29)24(36)35-10-7-25(14-35)6-5-17-11-19(16(2)33-22(17)34-25)23-30-8-4-9-31-23/h4,8-9,11-13,15H,5-7,10,14H2,1-3H3,(H,33,34)/t15?,25-/m0/s1. The lowest BCUT2D eigenvalue weighted by Gasteiger charge is -2.36. The van der Waals surface area contributed by atoms with Crippen molar-refractivity contribution in [2.75, 3.05) is 25.5 Å². The van der Waals surface area contributed by atoms with E-state index in [-0.39, 0.29) is 22.9 Å². The van der Waals surface area contributed by atoms with Gasteiger partial charge in [-0.1, -0.05) is 0 Å². The fraction of sp³-hybridized carbons (Fsp3) is 0.423. The summed E-state index contributed by atoms with van der Waals surface area (Å²) in [5, 5.41) is 3.55. The van der Waals surface area contributed by atoms with E-state index in [9.17, 15) is 18.0 Å². The predicted molar refractivity (Wildman–Crippen MR) is 130 cm³/mol. The van der Waals surface area contributed by atoms with Crippen molar-refractivity contribution in [1.82, 2.24) is 24.8 Å². The van der Waals surface area contributed by atoms with E-state index in [4.69, 9.17) is 9.72 Å². The molecule has 2 atom stereocenters. The molecule has 0 radical (unpaired) electrons. The zero-order chi connectivity index (χ0) is 26.4. The van der Waals surface area contributed by atoms with E-state index in [0.29, 0.717) is 25.3 Å². The summed E-state index contributed by atoms with van der Waals surface area (Å²) in [6.45, 7) is 4.24. The lowest BCUT2D eigenvalue weighted by Crippen LogP contribution is -2.46. The Bertz CT molecular complexity index is 1330. The highest BCUT2D eigenvalue weighted by molar-refractivity contribution is 5.84. The molecule has 11 heteroatoms. The third-order valence-electron chi connectivity index (χ3n) is 7.28. The van der Waals surface area contributed by atoms with E-state index >= 15 is 0 Å². The first-order valence-electron chi connectivity index (χ1n) is 12.1. The SMILES string of the molecule is COc1cc(C(C)C(=O)N2CC[C@@]3(CCc4cc(-c5ncccn5)c(C)nc4N3)C2)c(C(F)(F)F)cn1. The first-order chi connectivity index (χ1) is 17.6. The number of aryl methyl sites for hydroxylation is 2. The number of hydrogen-bond acceptors (Lipinski definition) is 7. The third-order valence-corrected chi connectivity index (χ3v) is 7.28. The molecule has 0 bridgehead atoms. The van der Waals surface area contributed by atoms with Crippen molar-refractivity contribution < 1.29 is 22.7 Å². The zero-order valence-corrected chi connectivity index (χ0v) is 20.8. The fourth-order valence-corrected chi connectivity index (χ4v) is 5.23. The molecule has 3 aromatic rings. The smallest absolute Gasteiger partial charge is 0.418 e. The van der Waals surface area contributed by atoms with Gasteiger partial charge < -0.3 is 15.0 Å². The van der Waals surface area contributed by atoms with Gasteiger partial charge in [-0.25, -0.2) is 19.9 Å². The zero-order valence-electron chi connectivity index (χ0n) is 20.8. The van der Waals surface area contributed by atoms with E-state index < -0.39 is 17.7 Å². The quantitative estimate of drug-likeness (QED) is 0.554. The molecule has 0 aromatic carbocycles. The number of fused-ring (bicyclic) bond motifs is 1. The van der Waals surface area contributed by atoms with Crippen LogP contribution in [0.2, 0.25) is 0 Å². The number of rotatable bonds is 4. The fourth-order valence-electron chi connectivity index (χ4n) is 5.23. The number of hydrogen-bond donors (Lipinski definition) is 1. The number of ether oxygens (including phenoxy) is 1. The van der Waals surface area contributed by atoms with Gasteiger partial charge in [-0.3, -0.25) is 4.79 Å². The molecule has 5 heterocycles. The number of carbonyl (C=O) groups is 1. The van der Waals surface area contributed by atoms with Crippen LogP contribution >= 0.6 is 0 Å². The second kappa shape index (κ2) is 9.28. The van der Waals surface area contributed by atoms with Gasteiger partial charge >= 0.3 is 6.18 Å². The van der Waals surface area contributed by atoms with E-state index in [1.807, 2.05) is 6.92 Å². The third kappa shape index (κ3) is 4.70. The number of likely N-dealkylation sites (tertiary alicyclic amines) is 1. The highest BCUT2D eigenvalue weighted by Gasteiger charge is 2.44. The molecule has 1 spiro atoms. The van der Waals surface area contributed by atoms with Crippen LogP contribution in [0.1, 0.15) is 48.1 Å². The first-order valence-corrected chi connectivity index (χ1v) is 12.1. The monoisotopic (exact) mass is 512 g/mol. The van der Waals surface area contributed by atoms with Crippen LogP contribution < -0.4 is 10.1 Å². The Morgan fingerprint density at radius 2 is 1.95 bits per heavy atom. The van der Waals surface area contributed by atoms with Gasteiger partial charge in [0.05, 0.1) is 29.8 Å². The van der Waals surface area contributed by atoms with Crippen molar-refractivity contribution in [2.24, 2.45) is 0 Å². The molecule has 1 amide bonds. The number of methoxy groups -OCH3 is 1. The Kier molecular flexibility index (Phi) is 6.25. The van der Waals surface area contributed by atoms with Crippen LogP contribution in [0.25, 0.3) is 11.4 Å². The summed E-state index contributed by atoms with van der Waals surface area (Å²) in [6.07, 6.45) is 1.70. The van der Waals surface area contributed by atoms with Gasteiger partial charge in [0.25, 0.3) is 0 Å². The Morgan fingerprint density at radius 1 is 1.19 bits per heavy atom. The van der Waals surface area contributed by atoms with Crippen molar-refractivity contribution in [3.05, 3.63) is 59.2 Å². The molecule has 37 heavy (non-hydrogen) atoms. The number of anilines is 1. The second-order valence-corrected chi connectivity index (χ2v) is 9.65. The van der Waals surface area contributed by atoms with Crippen molar-refractivity contribution in [1.29, 1.82) is 0 Å². The summed E-state index contributed by atoms with van der Waals surface area (Å²) in [4.78, 5) is 32.2. The molecule has 1 unspecified atom stereocenters. The normalized spacial score (nSPS) is 19.9. The van der Waals surface area contributed by atoms with Crippen LogP contribution in [-0.2, 0) is 17.4 Å². The molecule has 1 fully saturated rings. The Balaban J connectivity index is 1.35. The van der Waals surface area contributed by atoms with Gasteiger partial charge in [0, 0.05) is 43.3 Å². The molecule has 194 valence electrons. The largest absolute Gasteiger partial charge is 0.481 e. The topological polar surface area (TPSA) is 93.1 Å². The number of alkyl halides is 3. The predicted octanol–water partition coefficient (Wildman–Crippen LogP) is 4.40. The maximum atomic E-state index is 13.7. The molecule has 1 N–H and O–H groups in total. The summed E-state index contributed by atoms with van der Waals surface area (Å²) in [5.74, 6) is 0.0577. The van der Waals surface area contributed by atoms with Crippen LogP contribution in [0.15, 0.2) is 36.8 Å². The lowest BCUT2D eigenvalue weighted by atomic mass is 9.86. The molecular weight excluding hydrogens is 485 g/mol. The van der Waals surface area contributed by atoms with E-state index in [0.717, 1.165) is 41.7 Å². The molecule has 1 saturated heterocycles. The Morgan fingerprint density at radius 3 is 2.65 bits per heavy atom. The molecule has 5 rings (SSSR count). The number of amides is 1. The summed E-state index contributed by atoms with van der Waals surface area (Å²) in [6, 6.07) is 5.02. The molecular formula is C26H27F3N6O2. The van der Waals surface area contributed by atoms with E-state index in [1.165, 1.54) is 20.1 Å². The number of nitrogens with zero attached hydrogens (tertiary/aromatic N) is 5. The highest BCUT2D eigenvalue weighted by atomic mass is 19.4. The van der Waals surface area contributed by atoms with Crippen molar-refractivity contribution in [3.8, 4) is 17.3 Å². The van der Waals surface area contributed by atoms with Crippen LogP contribution in [0.3, 0.4) is 0 Å². The lowest BCUT2D eigenvalue weighted by molar-refractivity contribution is -0.139. The molecule has 2 aliphatic heterocycles. The Labute approximate surface area is 212 Å². The second-order valence-electron chi connectivity index (χ2n) is 9.65. The number of carbonyl (C=O) groups excluding carboxylic acids is 1. The van der Waals surface area contributed by atoms with Crippen LogP contribution in [-0.4, -0.2) is 56.5 Å². The van der Waals surface area contributed by atoms with E-state index in [2.05, 4.69) is 26.3 Å². The number of halogens is 3. The maximum Gasteiger partial charge on any atom is 0.418 e. The van der Waals surface area contributed by atoms with Gasteiger partial charge in [0.15, 0.2) is 5.82 Å². The average molecular weight is 513 g/mol. The van der Waals surface area contributed by atoms with Gasteiger partial charge in [0.1, 0.15) is 5.82 Å². The van der Waals surface area contributed by atoms with Crippen LogP contribution in [0.5, 0.6) is 5.88 Å². The van der Waals surface area contributed by atoms with Crippen LogP contribution in [0, 0.1) is 6.92 Å². The molecule has 0 aliphatic carbocycles. The Hall–Kier alpha value is -3.76. The maximum absolute atomic E-state index is 13.7. The molecule has 3 aromatic heterocycles. The number of pyridine rings is 2. The molecule has 8 nitrogen and oxygen atoms in total. The van der Waals surface area contributed by atoms with Crippen molar-refractivity contribution in [2.45, 2.75) is 50.7 Å². The average Bonchev–Trinajstić information content (AvgIpc) is 3.30. The van der Waals surface area contributed by atoms with Gasteiger partial charge in [-0.15, -0.1) is 0 Å². The summed E-state index contributed by atoms with van der Waals surface area (Å²) in [5.41, 5.74) is 1.28. The van der Waals surface area contributed by atoms with Crippen molar-refractivity contribution in [3.63, 3.8) is 0 Å². The summed E-state index contributed by atoms with van der Waals surface area (Å²) in [7, 11) is 1.33. The van der Waals surface area contributed by atoms with Crippen molar-refractivity contribution >= 4 is 11.7 Å². The van der Waals surface area contributed by atoms with Gasteiger partial charge in [0.2, 0.25) is 11.8 Å². The number of aromatic nitrogens is 4. The minimum Gasteiger partial charge on any atom is -0.481 e. The van der Waals surface area contributed by atoms with E-state index in [1.54, 1.807) is 23.4 Å². The highest BCUT2D eigenvalue weighted by Crippen LogP contribution is 2.40. The molecule has 2 aliphatic rings. The van der Waals surface area contributed by atoms with Crippen LogP contribution in [0.4, 0.5) is 19.0 Å². The summed E-state index contributed by atoms with van der Waals surface area (Å²) >= 11 is 0. The van der Waals surface area contributed by atoms with Gasteiger partial charge in [-0.2, -0.15) is 13.2 Å². The minimum atomic E-state index is -4.63. The van der Waals surface area contributed by atoms with Gasteiger partial charge in [-0.05, 0) is 56.4 Å². The molecule has 0 saturated carbocycles. The summed E-state index contributed by atoms with van der Waals surface area (Å²) < 4.78 is 46.0. The minimum absolute atomic E-state index is 0.0350. The number of nitrogens with one attached hydrogen (secondary N) is 1.